The maximum Gasteiger partial charge on any atom is 0.244 e. The molecule has 1 rings (SSSR count). The minimum absolute atomic E-state index is 0.175. The molecule has 0 heterocycles. The summed E-state index contributed by atoms with van der Waals surface area (Å²) >= 11 is 0. The standard InChI is InChI=1S/C18H30FN3O3S/c1-13(2)16(17(23)20-11-18(3,4)12-22(5)6)21-26(24,25)15-10-8-7-9-14(15)19/h7-10,13,16,21H,11-12H2,1-6H3,(H,20,23)/t16-/m0/s1. The number of nitrogens with zero attached hydrogens (tertiary/aromatic N) is 1. The Balaban J connectivity index is 2.89. The summed E-state index contributed by atoms with van der Waals surface area (Å²) < 4.78 is 41.1. The first-order valence-electron chi connectivity index (χ1n) is 8.55. The molecule has 0 aliphatic carbocycles. The topological polar surface area (TPSA) is 78.5 Å². The minimum Gasteiger partial charge on any atom is -0.354 e. The molecule has 0 aliphatic heterocycles. The maximum atomic E-state index is 13.8. The highest BCUT2D eigenvalue weighted by Gasteiger charge is 2.30. The van der Waals surface area contributed by atoms with Gasteiger partial charge in [-0.05, 0) is 37.6 Å². The monoisotopic (exact) mass is 387 g/mol. The molecule has 6 nitrogen and oxygen atoms in total. The Kier molecular flexibility index (Phi) is 7.73. The van der Waals surface area contributed by atoms with Crippen LogP contribution in [-0.2, 0) is 14.8 Å². The molecule has 0 radical (unpaired) electrons. The molecular weight excluding hydrogens is 357 g/mol. The second-order valence-corrected chi connectivity index (χ2v) is 9.58. The van der Waals surface area contributed by atoms with E-state index in [1.54, 1.807) is 13.8 Å². The summed E-state index contributed by atoms with van der Waals surface area (Å²) in [5, 5.41) is 2.81. The van der Waals surface area contributed by atoms with E-state index in [1.165, 1.54) is 18.2 Å². The lowest BCUT2D eigenvalue weighted by molar-refractivity contribution is -0.124. The third-order valence-corrected chi connectivity index (χ3v) is 5.32. The summed E-state index contributed by atoms with van der Waals surface area (Å²) in [7, 11) is -0.252. The van der Waals surface area contributed by atoms with Crippen molar-refractivity contribution in [3.05, 3.63) is 30.1 Å². The van der Waals surface area contributed by atoms with Crippen LogP contribution in [-0.4, -0.2) is 52.5 Å². The second kappa shape index (κ2) is 8.92. The van der Waals surface area contributed by atoms with Crippen LogP contribution in [0.4, 0.5) is 4.39 Å². The maximum absolute atomic E-state index is 13.8. The second-order valence-electron chi connectivity index (χ2n) is 7.89. The predicted octanol–water partition coefficient (Wildman–Crippen LogP) is 1.83. The van der Waals surface area contributed by atoms with Gasteiger partial charge in [-0.15, -0.1) is 0 Å². The van der Waals surface area contributed by atoms with Gasteiger partial charge in [0.05, 0.1) is 0 Å². The molecule has 8 heteroatoms. The molecule has 1 atom stereocenters. The number of nitrogens with one attached hydrogen (secondary N) is 2. The van der Waals surface area contributed by atoms with Crippen LogP contribution < -0.4 is 10.0 Å². The molecular formula is C18H30FN3O3S. The molecule has 0 aromatic heterocycles. The fourth-order valence-electron chi connectivity index (χ4n) is 2.73. The lowest BCUT2D eigenvalue weighted by atomic mass is 9.92. The number of benzene rings is 1. The summed E-state index contributed by atoms with van der Waals surface area (Å²) in [6, 6.07) is 4.10. The zero-order valence-electron chi connectivity index (χ0n) is 16.3. The first-order valence-corrected chi connectivity index (χ1v) is 10.0. The van der Waals surface area contributed by atoms with Gasteiger partial charge in [-0.1, -0.05) is 39.8 Å². The fraction of sp³-hybridized carbons (Fsp3) is 0.611. The number of sulfonamides is 1. The minimum atomic E-state index is -4.15. The molecule has 0 unspecified atom stereocenters. The molecule has 0 fully saturated rings. The van der Waals surface area contributed by atoms with Crippen LogP contribution in [0.15, 0.2) is 29.2 Å². The number of carbonyl (C=O) groups is 1. The molecule has 2 N–H and O–H groups in total. The molecule has 1 amide bonds. The molecule has 0 saturated heterocycles. The normalized spacial score (nSPS) is 13.9. The SMILES string of the molecule is CC(C)[C@H](NS(=O)(=O)c1ccccc1F)C(=O)NCC(C)(C)CN(C)C. The van der Waals surface area contributed by atoms with E-state index in [1.807, 2.05) is 32.8 Å². The highest BCUT2D eigenvalue weighted by molar-refractivity contribution is 7.89. The van der Waals surface area contributed by atoms with E-state index < -0.39 is 32.7 Å². The smallest absolute Gasteiger partial charge is 0.244 e. The largest absolute Gasteiger partial charge is 0.354 e. The number of hydrogen-bond donors (Lipinski definition) is 2. The van der Waals surface area contributed by atoms with Crippen molar-refractivity contribution in [2.75, 3.05) is 27.2 Å². The molecule has 26 heavy (non-hydrogen) atoms. The van der Waals surface area contributed by atoms with E-state index in [0.29, 0.717) is 6.54 Å². The molecule has 0 saturated carbocycles. The van der Waals surface area contributed by atoms with Gasteiger partial charge in [-0.2, -0.15) is 4.72 Å². The van der Waals surface area contributed by atoms with Crippen LogP contribution in [0.1, 0.15) is 27.7 Å². The van der Waals surface area contributed by atoms with Crippen molar-refractivity contribution in [2.45, 2.75) is 38.6 Å². The summed E-state index contributed by atoms with van der Waals surface area (Å²) in [5.74, 6) is -1.57. The average Bonchev–Trinajstić information content (AvgIpc) is 2.49. The van der Waals surface area contributed by atoms with Gasteiger partial charge < -0.3 is 10.2 Å². The van der Waals surface area contributed by atoms with Crippen molar-refractivity contribution >= 4 is 15.9 Å². The summed E-state index contributed by atoms with van der Waals surface area (Å²) in [6.07, 6.45) is 0. The third-order valence-electron chi connectivity index (χ3n) is 3.84. The zero-order chi connectivity index (χ0) is 20.1. The van der Waals surface area contributed by atoms with Gasteiger partial charge in [0, 0.05) is 13.1 Å². The van der Waals surface area contributed by atoms with E-state index >= 15 is 0 Å². The summed E-state index contributed by atoms with van der Waals surface area (Å²) in [6.45, 7) is 8.66. The molecule has 148 valence electrons. The van der Waals surface area contributed by atoms with Gasteiger partial charge >= 0.3 is 0 Å². The van der Waals surface area contributed by atoms with Crippen molar-refractivity contribution in [1.29, 1.82) is 0 Å². The summed E-state index contributed by atoms with van der Waals surface area (Å²) in [5.41, 5.74) is -0.175. The van der Waals surface area contributed by atoms with Gasteiger partial charge in [0.15, 0.2) is 0 Å². The van der Waals surface area contributed by atoms with Gasteiger partial charge in [-0.25, -0.2) is 12.8 Å². The Labute approximate surface area is 156 Å². The number of rotatable bonds is 9. The van der Waals surface area contributed by atoms with E-state index in [4.69, 9.17) is 0 Å². The Morgan fingerprint density at radius 3 is 2.31 bits per heavy atom. The van der Waals surface area contributed by atoms with E-state index in [9.17, 15) is 17.6 Å². The molecule has 0 bridgehead atoms. The van der Waals surface area contributed by atoms with Crippen LogP contribution in [0.5, 0.6) is 0 Å². The van der Waals surface area contributed by atoms with Crippen molar-refractivity contribution in [2.24, 2.45) is 11.3 Å². The van der Waals surface area contributed by atoms with Crippen molar-refractivity contribution in [1.82, 2.24) is 14.9 Å². The Bertz CT molecular complexity index is 718. The average molecular weight is 388 g/mol. The van der Waals surface area contributed by atoms with Gasteiger partial charge in [0.25, 0.3) is 0 Å². The third kappa shape index (κ3) is 6.66. The van der Waals surface area contributed by atoms with Crippen LogP contribution in [0.3, 0.4) is 0 Å². The Morgan fingerprint density at radius 2 is 1.81 bits per heavy atom. The van der Waals surface area contributed by atoms with Crippen molar-refractivity contribution < 1.29 is 17.6 Å². The van der Waals surface area contributed by atoms with Crippen molar-refractivity contribution in [3.8, 4) is 0 Å². The number of halogens is 1. The van der Waals surface area contributed by atoms with Gasteiger partial charge in [0.1, 0.15) is 16.8 Å². The van der Waals surface area contributed by atoms with Crippen LogP contribution >= 0.6 is 0 Å². The van der Waals surface area contributed by atoms with Crippen LogP contribution in [0, 0.1) is 17.2 Å². The van der Waals surface area contributed by atoms with Crippen LogP contribution in [0.25, 0.3) is 0 Å². The molecule has 0 spiro atoms. The molecule has 1 aromatic carbocycles. The van der Waals surface area contributed by atoms with Crippen LogP contribution in [0.2, 0.25) is 0 Å². The van der Waals surface area contributed by atoms with E-state index in [-0.39, 0.29) is 11.3 Å². The highest BCUT2D eigenvalue weighted by Crippen LogP contribution is 2.17. The molecule has 1 aromatic rings. The quantitative estimate of drug-likeness (QED) is 0.678. The summed E-state index contributed by atoms with van der Waals surface area (Å²) in [4.78, 5) is 14.1. The number of hydrogen-bond acceptors (Lipinski definition) is 4. The predicted molar refractivity (Wildman–Crippen MR) is 101 cm³/mol. The Hall–Kier alpha value is -1.51. The zero-order valence-corrected chi connectivity index (χ0v) is 17.2. The van der Waals surface area contributed by atoms with E-state index in [2.05, 4.69) is 10.0 Å². The van der Waals surface area contributed by atoms with Gasteiger partial charge in [0.2, 0.25) is 15.9 Å². The highest BCUT2D eigenvalue weighted by atomic mass is 32.2. The lowest BCUT2D eigenvalue weighted by Crippen LogP contribution is -2.52. The van der Waals surface area contributed by atoms with Gasteiger partial charge in [-0.3, -0.25) is 4.79 Å². The van der Waals surface area contributed by atoms with Crippen molar-refractivity contribution in [3.63, 3.8) is 0 Å². The first-order chi connectivity index (χ1) is 11.9. The molecule has 0 aliphatic rings. The fourth-order valence-corrected chi connectivity index (χ4v) is 4.16. The van der Waals surface area contributed by atoms with E-state index in [0.717, 1.165) is 12.6 Å². The number of carbonyl (C=O) groups excluding carboxylic acids is 1. The lowest BCUT2D eigenvalue weighted by Gasteiger charge is -2.30. The number of amides is 1. The first kappa shape index (κ1) is 22.5. The Morgan fingerprint density at radius 1 is 1.23 bits per heavy atom.